The van der Waals surface area contributed by atoms with Gasteiger partial charge in [0.15, 0.2) is 0 Å². The molecule has 0 saturated heterocycles. The molecule has 1 radical (unpaired) electrons. The molecule has 1 aromatic carbocycles. The molecule has 0 fully saturated rings. The molecule has 1 aromatic rings. The second-order valence-electron chi connectivity index (χ2n) is 2.98. The van der Waals surface area contributed by atoms with Crippen molar-refractivity contribution in [3.63, 3.8) is 0 Å². The highest BCUT2D eigenvalue weighted by Gasteiger charge is 2.04. The second kappa shape index (κ2) is 3.40. The number of halogens is 1. The van der Waals surface area contributed by atoms with E-state index in [1.165, 1.54) is 5.56 Å². The maximum Gasteiger partial charge on any atom is 0.0242 e. The fourth-order valence-electron chi connectivity index (χ4n) is 1.05. The number of rotatable bonds is 1. The Morgan fingerprint density at radius 3 is 2.45 bits per heavy atom. The van der Waals surface area contributed by atoms with Crippen LogP contribution < -0.4 is 0 Å². The highest BCUT2D eigenvalue weighted by atomic mass is 79.9. The van der Waals surface area contributed by atoms with Crippen LogP contribution in [0.3, 0.4) is 0 Å². The first kappa shape index (κ1) is 8.79. The van der Waals surface area contributed by atoms with E-state index in [-0.39, 0.29) is 0 Å². The SMILES string of the molecule is [CH2]c1cccc(C(C)C)c1Br. The Bertz CT molecular complexity index is 251. The molecule has 0 aliphatic rings. The number of hydrogen-bond acceptors (Lipinski definition) is 0. The van der Waals surface area contributed by atoms with E-state index in [1.807, 2.05) is 12.1 Å². The molecule has 0 amide bonds. The Balaban J connectivity index is 3.17. The van der Waals surface area contributed by atoms with Gasteiger partial charge in [0.05, 0.1) is 0 Å². The molecule has 1 rings (SSSR count). The predicted octanol–water partition coefficient (Wildman–Crippen LogP) is 3.75. The summed E-state index contributed by atoms with van der Waals surface area (Å²) >= 11 is 3.52. The molecule has 11 heavy (non-hydrogen) atoms. The average molecular weight is 212 g/mol. The van der Waals surface area contributed by atoms with Crippen LogP contribution in [0.1, 0.15) is 30.9 Å². The Hall–Kier alpha value is -0.300. The summed E-state index contributed by atoms with van der Waals surface area (Å²) < 4.78 is 1.15. The van der Waals surface area contributed by atoms with Gasteiger partial charge in [-0.3, -0.25) is 0 Å². The van der Waals surface area contributed by atoms with E-state index in [2.05, 4.69) is 42.8 Å². The maximum absolute atomic E-state index is 3.92. The van der Waals surface area contributed by atoms with Crippen molar-refractivity contribution in [3.8, 4) is 0 Å². The first-order chi connectivity index (χ1) is 5.13. The Morgan fingerprint density at radius 1 is 1.36 bits per heavy atom. The summed E-state index contributed by atoms with van der Waals surface area (Å²) in [5, 5.41) is 0. The van der Waals surface area contributed by atoms with Crippen molar-refractivity contribution in [2.24, 2.45) is 0 Å². The molecule has 0 aromatic heterocycles. The zero-order valence-corrected chi connectivity index (χ0v) is 8.48. The van der Waals surface area contributed by atoms with Crippen LogP contribution in [0.25, 0.3) is 0 Å². The molecule has 0 saturated carbocycles. The third-order valence-corrected chi connectivity index (χ3v) is 2.70. The van der Waals surface area contributed by atoms with Crippen LogP contribution >= 0.6 is 15.9 Å². The summed E-state index contributed by atoms with van der Waals surface area (Å²) in [6, 6.07) is 6.18. The van der Waals surface area contributed by atoms with E-state index < -0.39 is 0 Å². The molecule has 0 heterocycles. The van der Waals surface area contributed by atoms with E-state index in [0.29, 0.717) is 5.92 Å². The topological polar surface area (TPSA) is 0 Å². The minimum absolute atomic E-state index is 0.561. The van der Waals surface area contributed by atoms with E-state index in [4.69, 9.17) is 0 Å². The van der Waals surface area contributed by atoms with Crippen LogP contribution in [-0.2, 0) is 0 Å². The minimum atomic E-state index is 0.561. The summed E-state index contributed by atoms with van der Waals surface area (Å²) in [6.45, 7) is 8.28. The average Bonchev–Trinajstić information content (AvgIpc) is 1.94. The van der Waals surface area contributed by atoms with Crippen molar-refractivity contribution in [3.05, 3.63) is 40.7 Å². The van der Waals surface area contributed by atoms with Gasteiger partial charge in [-0.1, -0.05) is 48.0 Å². The summed E-state index contributed by atoms with van der Waals surface area (Å²) in [6.07, 6.45) is 0. The van der Waals surface area contributed by atoms with Crippen molar-refractivity contribution >= 4 is 15.9 Å². The van der Waals surface area contributed by atoms with Gasteiger partial charge < -0.3 is 0 Å². The van der Waals surface area contributed by atoms with Crippen molar-refractivity contribution in [1.82, 2.24) is 0 Å². The monoisotopic (exact) mass is 211 g/mol. The molecule has 0 N–H and O–H groups in total. The van der Waals surface area contributed by atoms with Gasteiger partial charge in [0.2, 0.25) is 0 Å². The molecule has 0 atom stereocenters. The van der Waals surface area contributed by atoms with Crippen molar-refractivity contribution in [2.45, 2.75) is 19.8 Å². The van der Waals surface area contributed by atoms with Crippen LogP contribution in [0, 0.1) is 6.92 Å². The zero-order valence-electron chi connectivity index (χ0n) is 6.89. The minimum Gasteiger partial charge on any atom is -0.0616 e. The summed E-state index contributed by atoms with van der Waals surface area (Å²) in [5.41, 5.74) is 2.40. The Kier molecular flexibility index (Phi) is 2.72. The van der Waals surface area contributed by atoms with Gasteiger partial charge in [-0.05, 0) is 24.0 Å². The predicted molar refractivity (Wildman–Crippen MR) is 52.7 cm³/mol. The third-order valence-electron chi connectivity index (χ3n) is 1.73. The van der Waals surface area contributed by atoms with Crippen LogP contribution in [0.15, 0.2) is 22.7 Å². The fraction of sp³-hybridized carbons (Fsp3) is 0.300. The fourth-order valence-corrected chi connectivity index (χ4v) is 1.77. The van der Waals surface area contributed by atoms with Crippen LogP contribution in [0.4, 0.5) is 0 Å². The lowest BCUT2D eigenvalue weighted by Gasteiger charge is -2.09. The normalized spacial score (nSPS) is 10.6. The van der Waals surface area contributed by atoms with Crippen molar-refractivity contribution in [2.75, 3.05) is 0 Å². The summed E-state index contributed by atoms with van der Waals surface area (Å²) in [7, 11) is 0. The second-order valence-corrected chi connectivity index (χ2v) is 3.77. The first-order valence-electron chi connectivity index (χ1n) is 3.73. The van der Waals surface area contributed by atoms with Gasteiger partial charge >= 0.3 is 0 Å². The molecule has 0 spiro atoms. The van der Waals surface area contributed by atoms with Gasteiger partial charge in [-0.25, -0.2) is 0 Å². The molecular weight excluding hydrogens is 200 g/mol. The first-order valence-corrected chi connectivity index (χ1v) is 4.52. The lowest BCUT2D eigenvalue weighted by molar-refractivity contribution is 0.860. The summed E-state index contributed by atoms with van der Waals surface area (Å²) in [5.74, 6) is 0.561. The van der Waals surface area contributed by atoms with Crippen molar-refractivity contribution < 1.29 is 0 Å². The smallest absolute Gasteiger partial charge is 0.0242 e. The van der Waals surface area contributed by atoms with E-state index in [9.17, 15) is 0 Å². The highest BCUT2D eigenvalue weighted by Crippen LogP contribution is 2.26. The highest BCUT2D eigenvalue weighted by molar-refractivity contribution is 9.10. The zero-order chi connectivity index (χ0) is 8.43. The Labute approximate surface area is 76.8 Å². The standard InChI is InChI=1S/C10H12Br/c1-7(2)9-6-4-5-8(3)10(9)11/h4-7H,3H2,1-2H3. The van der Waals surface area contributed by atoms with Gasteiger partial charge in [0.1, 0.15) is 0 Å². The number of hydrogen-bond donors (Lipinski definition) is 0. The van der Waals surface area contributed by atoms with Gasteiger partial charge in [-0.15, -0.1) is 0 Å². The van der Waals surface area contributed by atoms with Gasteiger partial charge in [0.25, 0.3) is 0 Å². The Morgan fingerprint density at radius 2 is 2.00 bits per heavy atom. The molecule has 0 aliphatic carbocycles. The molecular formula is C10H12Br. The molecule has 0 aliphatic heterocycles. The van der Waals surface area contributed by atoms with E-state index in [0.717, 1.165) is 10.0 Å². The molecule has 1 heteroatoms. The lowest BCUT2D eigenvalue weighted by Crippen LogP contribution is -1.90. The third kappa shape index (κ3) is 1.84. The molecule has 0 bridgehead atoms. The van der Waals surface area contributed by atoms with E-state index >= 15 is 0 Å². The van der Waals surface area contributed by atoms with Crippen LogP contribution in [0.2, 0.25) is 0 Å². The van der Waals surface area contributed by atoms with Crippen molar-refractivity contribution in [1.29, 1.82) is 0 Å². The van der Waals surface area contributed by atoms with Crippen LogP contribution in [-0.4, -0.2) is 0 Å². The van der Waals surface area contributed by atoms with Gasteiger partial charge in [-0.2, -0.15) is 0 Å². The largest absolute Gasteiger partial charge is 0.0616 e. The quantitative estimate of drug-likeness (QED) is 0.664. The lowest BCUT2D eigenvalue weighted by atomic mass is 10.0. The van der Waals surface area contributed by atoms with Crippen LogP contribution in [0.5, 0.6) is 0 Å². The number of benzene rings is 1. The van der Waals surface area contributed by atoms with E-state index in [1.54, 1.807) is 0 Å². The maximum atomic E-state index is 3.92. The summed E-state index contributed by atoms with van der Waals surface area (Å²) in [4.78, 5) is 0. The molecule has 0 unspecified atom stereocenters. The van der Waals surface area contributed by atoms with Gasteiger partial charge in [0, 0.05) is 4.47 Å². The molecule has 59 valence electrons. The molecule has 0 nitrogen and oxygen atoms in total.